The molecule has 2 N–H and O–H groups in total. The number of carbonyl (C=O) groups is 1. The number of aliphatic hydroxyl groups excluding tert-OH is 2. The van der Waals surface area contributed by atoms with Gasteiger partial charge in [-0.05, 0) is 6.92 Å². The number of hydrogen-bond acceptors (Lipinski definition) is 4. The van der Waals surface area contributed by atoms with Crippen LogP contribution in [0.3, 0.4) is 0 Å². The molecule has 62 valence electrons. The lowest BCUT2D eigenvalue weighted by atomic mass is 10.1. The quantitative estimate of drug-likeness (QED) is 0.534. The summed E-state index contributed by atoms with van der Waals surface area (Å²) in [6, 6.07) is 0. The molecule has 0 aromatic heterocycles. The molecule has 1 heterocycles. The molecule has 0 radical (unpaired) electrons. The number of rotatable bonds is 1. The highest BCUT2D eigenvalue weighted by atomic mass is 19.1. The van der Waals surface area contributed by atoms with Crippen molar-refractivity contribution in [3.63, 3.8) is 0 Å². The smallest absolute Gasteiger partial charge is 0.357 e. The van der Waals surface area contributed by atoms with Crippen molar-refractivity contribution in [3.8, 4) is 0 Å². The molecule has 11 heavy (non-hydrogen) atoms. The van der Waals surface area contributed by atoms with Crippen LogP contribution in [0, 0.1) is 0 Å². The fourth-order valence-corrected chi connectivity index (χ4v) is 0.722. The number of carbonyl (C=O) groups excluding carboxylic acids is 1. The van der Waals surface area contributed by atoms with Crippen LogP contribution >= 0.6 is 0 Å². The summed E-state index contributed by atoms with van der Waals surface area (Å²) in [5, 5.41) is 17.3. The fraction of sp³-hybridized carbons (Fsp3) is 0.500. The normalized spacial score (nSPS) is 31.0. The van der Waals surface area contributed by atoms with E-state index in [9.17, 15) is 9.18 Å². The zero-order chi connectivity index (χ0) is 8.65. The number of hydrogen-bond donors (Lipinski definition) is 2. The topological polar surface area (TPSA) is 66.8 Å². The van der Waals surface area contributed by atoms with Crippen LogP contribution in [-0.4, -0.2) is 28.5 Å². The average molecular weight is 162 g/mol. The second kappa shape index (κ2) is 2.20. The predicted molar refractivity (Wildman–Crippen MR) is 32.3 cm³/mol. The minimum Gasteiger partial charge on any atom is -0.505 e. The van der Waals surface area contributed by atoms with Crippen LogP contribution in [0.2, 0.25) is 0 Å². The van der Waals surface area contributed by atoms with Crippen LogP contribution in [0.15, 0.2) is 11.5 Å². The lowest BCUT2D eigenvalue weighted by Crippen LogP contribution is -2.27. The van der Waals surface area contributed by atoms with Gasteiger partial charge in [0.25, 0.3) is 5.67 Å². The van der Waals surface area contributed by atoms with Gasteiger partial charge in [0.15, 0.2) is 11.5 Å². The number of esters is 1. The monoisotopic (exact) mass is 162 g/mol. The number of alkyl halides is 1. The molecule has 1 rings (SSSR count). The van der Waals surface area contributed by atoms with Gasteiger partial charge in [0.05, 0.1) is 0 Å². The van der Waals surface area contributed by atoms with Crippen LogP contribution in [0.1, 0.15) is 6.92 Å². The standard InChI is InChI=1S/C6H7FO4/c1-6(7)4(9)3(2-8)11-5(6)10/h8-9H,2H2,1H3/t6-/m1/s1. The average Bonchev–Trinajstić information content (AvgIpc) is 2.14. The molecule has 0 spiro atoms. The van der Waals surface area contributed by atoms with Gasteiger partial charge >= 0.3 is 5.97 Å². The van der Waals surface area contributed by atoms with E-state index < -0.39 is 29.8 Å². The Kier molecular flexibility index (Phi) is 1.60. The van der Waals surface area contributed by atoms with E-state index in [1.54, 1.807) is 0 Å². The van der Waals surface area contributed by atoms with E-state index in [-0.39, 0.29) is 0 Å². The van der Waals surface area contributed by atoms with Gasteiger partial charge in [-0.1, -0.05) is 0 Å². The predicted octanol–water partition coefficient (Wildman–Crippen LogP) is 0.0333. The summed E-state index contributed by atoms with van der Waals surface area (Å²) in [7, 11) is 0. The lowest BCUT2D eigenvalue weighted by molar-refractivity contribution is -0.146. The Morgan fingerprint density at radius 1 is 1.73 bits per heavy atom. The van der Waals surface area contributed by atoms with Gasteiger partial charge < -0.3 is 14.9 Å². The third-order valence-electron chi connectivity index (χ3n) is 1.45. The Morgan fingerprint density at radius 3 is 2.45 bits per heavy atom. The molecule has 0 amide bonds. The van der Waals surface area contributed by atoms with Crippen molar-refractivity contribution in [1.82, 2.24) is 0 Å². The molecule has 0 saturated carbocycles. The molecular formula is C6H7FO4. The Hall–Kier alpha value is -1.10. The Labute approximate surface area is 61.9 Å². The van der Waals surface area contributed by atoms with E-state index in [0.717, 1.165) is 6.92 Å². The van der Waals surface area contributed by atoms with Gasteiger partial charge in [-0.25, -0.2) is 9.18 Å². The third-order valence-corrected chi connectivity index (χ3v) is 1.45. The van der Waals surface area contributed by atoms with E-state index in [4.69, 9.17) is 10.2 Å². The van der Waals surface area contributed by atoms with Crippen molar-refractivity contribution in [1.29, 1.82) is 0 Å². The summed E-state index contributed by atoms with van der Waals surface area (Å²) >= 11 is 0. The van der Waals surface area contributed by atoms with Gasteiger partial charge in [-0.15, -0.1) is 0 Å². The molecule has 0 aliphatic carbocycles. The Bertz CT molecular complexity index is 231. The Balaban J connectivity index is 3.02. The summed E-state index contributed by atoms with van der Waals surface area (Å²) in [5.74, 6) is -2.45. The van der Waals surface area contributed by atoms with Crippen molar-refractivity contribution >= 4 is 5.97 Å². The highest BCUT2D eigenvalue weighted by Crippen LogP contribution is 2.31. The minimum atomic E-state index is -2.50. The van der Waals surface area contributed by atoms with Gasteiger partial charge in [-0.2, -0.15) is 0 Å². The van der Waals surface area contributed by atoms with Gasteiger partial charge in [0.2, 0.25) is 0 Å². The van der Waals surface area contributed by atoms with E-state index in [0.29, 0.717) is 0 Å². The summed E-state index contributed by atoms with van der Waals surface area (Å²) in [4.78, 5) is 10.6. The fourth-order valence-electron chi connectivity index (χ4n) is 0.722. The van der Waals surface area contributed by atoms with E-state index in [2.05, 4.69) is 4.74 Å². The number of ether oxygens (including phenoxy) is 1. The van der Waals surface area contributed by atoms with Crippen molar-refractivity contribution in [2.45, 2.75) is 12.6 Å². The van der Waals surface area contributed by atoms with Crippen molar-refractivity contribution in [3.05, 3.63) is 11.5 Å². The van der Waals surface area contributed by atoms with E-state index in [1.165, 1.54) is 0 Å². The number of aliphatic hydroxyl groups is 2. The summed E-state index contributed by atoms with van der Waals surface area (Å²) in [6.07, 6.45) is 0. The maximum Gasteiger partial charge on any atom is 0.357 e. The maximum absolute atomic E-state index is 12.9. The van der Waals surface area contributed by atoms with Crippen LogP contribution in [0.4, 0.5) is 4.39 Å². The van der Waals surface area contributed by atoms with Gasteiger partial charge in [-0.3, -0.25) is 0 Å². The zero-order valence-corrected chi connectivity index (χ0v) is 5.80. The number of halogens is 1. The first-order valence-electron chi connectivity index (χ1n) is 2.94. The summed E-state index contributed by atoms with van der Waals surface area (Å²) in [6.45, 7) is 0.185. The largest absolute Gasteiger partial charge is 0.505 e. The molecule has 0 fully saturated rings. The van der Waals surface area contributed by atoms with E-state index in [1.807, 2.05) is 0 Å². The van der Waals surface area contributed by atoms with E-state index >= 15 is 0 Å². The second-order valence-electron chi connectivity index (χ2n) is 2.32. The molecule has 1 aliphatic rings. The van der Waals surface area contributed by atoms with Crippen LogP contribution < -0.4 is 0 Å². The third kappa shape index (κ3) is 0.970. The molecule has 5 heteroatoms. The molecule has 0 unspecified atom stereocenters. The highest BCUT2D eigenvalue weighted by Gasteiger charge is 2.48. The first-order valence-corrected chi connectivity index (χ1v) is 2.94. The van der Waals surface area contributed by atoms with Crippen LogP contribution in [0.5, 0.6) is 0 Å². The molecule has 1 aliphatic heterocycles. The molecule has 1 atom stereocenters. The molecule has 4 nitrogen and oxygen atoms in total. The SMILES string of the molecule is C[C@]1(F)C(=O)OC(CO)=C1O. The lowest BCUT2D eigenvalue weighted by Gasteiger charge is -2.06. The molecule has 0 bridgehead atoms. The van der Waals surface area contributed by atoms with Crippen molar-refractivity contribution < 1.29 is 24.1 Å². The van der Waals surface area contributed by atoms with Gasteiger partial charge in [0.1, 0.15) is 6.61 Å². The maximum atomic E-state index is 12.9. The molecule has 0 saturated heterocycles. The van der Waals surface area contributed by atoms with Crippen LogP contribution in [0.25, 0.3) is 0 Å². The zero-order valence-electron chi connectivity index (χ0n) is 5.80. The van der Waals surface area contributed by atoms with Crippen LogP contribution in [-0.2, 0) is 9.53 Å². The highest BCUT2D eigenvalue weighted by molar-refractivity contribution is 5.86. The second-order valence-corrected chi connectivity index (χ2v) is 2.32. The first-order chi connectivity index (χ1) is 5.00. The van der Waals surface area contributed by atoms with Crippen molar-refractivity contribution in [2.75, 3.05) is 6.61 Å². The molecule has 0 aromatic carbocycles. The number of cyclic esters (lactones) is 1. The first kappa shape index (κ1) is 8.00. The van der Waals surface area contributed by atoms with Gasteiger partial charge in [0, 0.05) is 0 Å². The molecular weight excluding hydrogens is 155 g/mol. The summed E-state index contributed by atoms with van der Waals surface area (Å²) in [5.41, 5.74) is -2.50. The minimum absolute atomic E-state index is 0.417. The van der Waals surface area contributed by atoms with Crippen molar-refractivity contribution in [2.24, 2.45) is 0 Å². The Morgan fingerprint density at radius 2 is 2.27 bits per heavy atom. The molecule has 0 aromatic rings. The summed E-state index contributed by atoms with van der Waals surface area (Å²) < 4.78 is 17.1.